The van der Waals surface area contributed by atoms with E-state index in [0.717, 1.165) is 5.56 Å². The Labute approximate surface area is 189 Å². The first-order valence-corrected chi connectivity index (χ1v) is 10.7. The summed E-state index contributed by atoms with van der Waals surface area (Å²) >= 11 is 12.1. The molecule has 2 aliphatic rings. The number of halogens is 3. The molecule has 3 heterocycles. The SMILES string of the molecule is CN(Cc1cc(Cl)cc(Cl)c1)c1nc[n+]2c(c1F)NC[C@@H]1C2CN(CC(N)=O)C[C@H]1O. The predicted molar refractivity (Wildman–Crippen MR) is 116 cm³/mol. The lowest BCUT2D eigenvalue weighted by Gasteiger charge is -2.42. The number of nitrogens with zero attached hydrogens (tertiary/aromatic N) is 4. The molecule has 1 fully saturated rings. The second kappa shape index (κ2) is 8.74. The molecule has 0 saturated carbocycles. The van der Waals surface area contributed by atoms with Crippen LogP contribution < -0.4 is 20.5 Å². The van der Waals surface area contributed by atoms with Gasteiger partial charge in [0.25, 0.3) is 11.6 Å². The lowest BCUT2D eigenvalue weighted by molar-refractivity contribution is -0.727. The average Bonchev–Trinajstić information content (AvgIpc) is 2.66. The van der Waals surface area contributed by atoms with Crippen LogP contribution in [0.5, 0.6) is 0 Å². The molecule has 2 aromatic rings. The summed E-state index contributed by atoms with van der Waals surface area (Å²) in [7, 11) is 1.74. The van der Waals surface area contributed by atoms with Crippen molar-refractivity contribution in [3.05, 3.63) is 46.0 Å². The highest BCUT2D eigenvalue weighted by Gasteiger charge is 2.44. The molecule has 0 spiro atoms. The molecule has 0 radical (unpaired) electrons. The first kappa shape index (κ1) is 22.0. The standard InChI is InChI=1S/C20H23Cl2FN6O2/c1-27(6-11-2-12(21)4-13(22)3-11)19-18(23)20-25-5-14-15(29(20)10-26-19)7-28(8-16(14)30)9-17(24)31/h2-4,10,14-16,30H,5-9H2,1H3,(H2,24,31)/p+1/t14-,15?,16-/m1/s1. The number of fused-ring (bicyclic) bond motifs is 3. The fraction of sp³-hybridized carbons (Fsp3) is 0.450. The van der Waals surface area contributed by atoms with Crippen molar-refractivity contribution >= 4 is 40.7 Å². The van der Waals surface area contributed by atoms with E-state index in [1.165, 1.54) is 0 Å². The number of aromatic nitrogens is 2. The Morgan fingerprint density at radius 2 is 2.10 bits per heavy atom. The van der Waals surface area contributed by atoms with Gasteiger partial charge >= 0.3 is 0 Å². The number of hydrogen-bond acceptors (Lipinski definition) is 6. The molecule has 1 aromatic carbocycles. The number of anilines is 2. The van der Waals surface area contributed by atoms with Crippen molar-refractivity contribution in [2.75, 3.05) is 43.4 Å². The van der Waals surface area contributed by atoms with E-state index in [9.17, 15) is 9.90 Å². The summed E-state index contributed by atoms with van der Waals surface area (Å²) in [5.74, 6) is -0.598. The summed E-state index contributed by atoms with van der Waals surface area (Å²) in [4.78, 5) is 19.2. The van der Waals surface area contributed by atoms with Crippen LogP contribution in [0.4, 0.5) is 16.0 Å². The van der Waals surface area contributed by atoms with Gasteiger partial charge in [-0.15, -0.1) is 0 Å². The number of piperidine rings is 1. The molecule has 11 heteroatoms. The van der Waals surface area contributed by atoms with Crippen LogP contribution >= 0.6 is 23.2 Å². The van der Waals surface area contributed by atoms with Crippen LogP contribution in [-0.4, -0.2) is 60.2 Å². The van der Waals surface area contributed by atoms with Crippen molar-refractivity contribution in [1.29, 1.82) is 0 Å². The van der Waals surface area contributed by atoms with Gasteiger partial charge in [0, 0.05) is 36.7 Å². The number of amides is 1. The number of benzene rings is 1. The minimum absolute atomic E-state index is 0.0442. The Kier molecular flexibility index (Phi) is 6.20. The van der Waals surface area contributed by atoms with E-state index < -0.39 is 17.8 Å². The lowest BCUT2D eigenvalue weighted by Crippen LogP contribution is -2.64. The van der Waals surface area contributed by atoms with Crippen LogP contribution in [0.25, 0.3) is 0 Å². The second-order valence-corrected chi connectivity index (χ2v) is 8.98. The van der Waals surface area contributed by atoms with Crippen LogP contribution in [0.15, 0.2) is 24.5 Å². The molecule has 4 rings (SSSR count). The fourth-order valence-corrected chi connectivity index (χ4v) is 5.02. The molecule has 4 N–H and O–H groups in total. The topological polar surface area (TPSA) is 98.6 Å². The van der Waals surface area contributed by atoms with Gasteiger partial charge in [-0.3, -0.25) is 9.69 Å². The summed E-state index contributed by atoms with van der Waals surface area (Å²) in [5.41, 5.74) is 6.15. The highest BCUT2D eigenvalue weighted by Crippen LogP contribution is 2.32. The van der Waals surface area contributed by atoms with Crippen molar-refractivity contribution in [3.8, 4) is 0 Å². The molecule has 0 aliphatic carbocycles. The van der Waals surface area contributed by atoms with Crippen LogP contribution in [0.1, 0.15) is 11.6 Å². The maximum Gasteiger partial charge on any atom is 0.263 e. The Morgan fingerprint density at radius 3 is 2.77 bits per heavy atom. The molecular formula is C20H24Cl2FN6O2+. The number of nitrogens with two attached hydrogens (primary N) is 1. The summed E-state index contributed by atoms with van der Waals surface area (Å²) in [6, 6.07) is 4.96. The van der Waals surface area contributed by atoms with E-state index >= 15 is 4.39 Å². The number of nitrogens with one attached hydrogen (secondary N) is 1. The Hall–Kier alpha value is -2.20. The average molecular weight is 470 g/mol. The van der Waals surface area contributed by atoms with Gasteiger partial charge in [0.15, 0.2) is 0 Å². The Morgan fingerprint density at radius 1 is 1.39 bits per heavy atom. The first-order chi connectivity index (χ1) is 14.7. The number of carbonyl (C=O) groups is 1. The molecule has 3 atom stereocenters. The normalized spacial score (nSPS) is 22.9. The molecule has 1 amide bonds. The van der Waals surface area contributed by atoms with Crippen LogP contribution in [0.2, 0.25) is 10.0 Å². The van der Waals surface area contributed by atoms with Crippen molar-refractivity contribution in [2.45, 2.75) is 18.7 Å². The van der Waals surface area contributed by atoms with E-state index in [-0.39, 0.29) is 24.3 Å². The van der Waals surface area contributed by atoms with Crippen molar-refractivity contribution in [1.82, 2.24) is 9.88 Å². The third kappa shape index (κ3) is 4.55. The van der Waals surface area contributed by atoms with Gasteiger partial charge in [-0.1, -0.05) is 28.2 Å². The number of aliphatic hydroxyl groups is 1. The molecule has 8 nitrogen and oxygen atoms in total. The number of likely N-dealkylation sites (tertiary alicyclic amines) is 1. The summed E-state index contributed by atoms with van der Waals surface area (Å²) in [6.07, 6.45) is 0.906. The lowest BCUT2D eigenvalue weighted by atomic mass is 9.87. The zero-order chi connectivity index (χ0) is 22.3. The van der Waals surface area contributed by atoms with E-state index in [0.29, 0.717) is 42.0 Å². The summed E-state index contributed by atoms with van der Waals surface area (Å²) in [5, 5.41) is 14.7. The quantitative estimate of drug-likeness (QED) is 0.569. The third-order valence-corrected chi connectivity index (χ3v) is 6.23. The zero-order valence-corrected chi connectivity index (χ0v) is 18.4. The largest absolute Gasteiger partial charge is 0.391 e. The van der Waals surface area contributed by atoms with E-state index in [1.807, 2.05) is 0 Å². The van der Waals surface area contributed by atoms with Gasteiger partial charge in [0.05, 0.1) is 25.1 Å². The monoisotopic (exact) mass is 469 g/mol. The molecule has 166 valence electrons. The predicted octanol–water partition coefficient (Wildman–Crippen LogP) is 1.20. The summed E-state index contributed by atoms with van der Waals surface area (Å²) < 4.78 is 17.1. The van der Waals surface area contributed by atoms with E-state index in [2.05, 4.69) is 10.3 Å². The summed E-state index contributed by atoms with van der Waals surface area (Å²) in [6.45, 7) is 1.65. The number of primary amides is 1. The number of β-amino-alcohol motifs (C(OH)–C–C–N with tert-alkyl or cyclic N) is 1. The Bertz CT molecular complexity index is 990. The van der Waals surface area contributed by atoms with E-state index in [1.54, 1.807) is 45.9 Å². The van der Waals surface area contributed by atoms with Crippen LogP contribution in [0.3, 0.4) is 0 Å². The molecule has 1 unspecified atom stereocenters. The second-order valence-electron chi connectivity index (χ2n) is 8.11. The smallest absolute Gasteiger partial charge is 0.263 e. The third-order valence-electron chi connectivity index (χ3n) is 5.79. The van der Waals surface area contributed by atoms with Crippen LogP contribution in [-0.2, 0) is 11.3 Å². The highest BCUT2D eigenvalue weighted by atomic mass is 35.5. The minimum atomic E-state index is -0.663. The van der Waals surface area contributed by atoms with Crippen molar-refractivity contribution in [3.63, 3.8) is 0 Å². The number of hydrogen-bond donors (Lipinski definition) is 3. The molecular weight excluding hydrogens is 446 g/mol. The number of carbonyl (C=O) groups excluding carboxylic acids is 1. The Balaban J connectivity index is 1.60. The highest BCUT2D eigenvalue weighted by molar-refractivity contribution is 6.34. The minimum Gasteiger partial charge on any atom is -0.391 e. The number of rotatable bonds is 5. The van der Waals surface area contributed by atoms with Crippen molar-refractivity contribution in [2.24, 2.45) is 11.7 Å². The first-order valence-electron chi connectivity index (χ1n) is 9.91. The van der Waals surface area contributed by atoms with Crippen molar-refractivity contribution < 1.29 is 18.9 Å². The zero-order valence-electron chi connectivity index (χ0n) is 16.9. The van der Waals surface area contributed by atoms with Gasteiger partial charge in [-0.25, -0.2) is 4.57 Å². The fourth-order valence-electron chi connectivity index (χ4n) is 4.45. The van der Waals surface area contributed by atoms with Gasteiger partial charge < -0.3 is 21.1 Å². The maximum absolute atomic E-state index is 15.4. The van der Waals surface area contributed by atoms with E-state index in [4.69, 9.17) is 28.9 Å². The van der Waals surface area contributed by atoms with Gasteiger partial charge in [0.2, 0.25) is 18.1 Å². The van der Waals surface area contributed by atoms with Gasteiger partial charge in [-0.05, 0) is 23.8 Å². The van der Waals surface area contributed by atoms with Gasteiger partial charge in [-0.2, -0.15) is 4.39 Å². The molecule has 1 aromatic heterocycles. The van der Waals surface area contributed by atoms with Gasteiger partial charge in [0.1, 0.15) is 6.04 Å². The van der Waals surface area contributed by atoms with Crippen LogP contribution in [0, 0.1) is 11.7 Å². The molecule has 0 bridgehead atoms. The number of aliphatic hydroxyl groups excluding tert-OH is 1. The molecule has 1 saturated heterocycles. The maximum atomic E-state index is 15.4. The molecule has 31 heavy (non-hydrogen) atoms. The molecule has 2 aliphatic heterocycles.